The average Bonchev–Trinajstić information content (AvgIpc) is 2.86. The number of aromatic nitrogens is 2. The molecule has 0 atom stereocenters. The lowest BCUT2D eigenvalue weighted by atomic mass is 10.1. The predicted octanol–water partition coefficient (Wildman–Crippen LogP) is 3.95. The van der Waals surface area contributed by atoms with Crippen LogP contribution in [0.15, 0.2) is 59.4 Å². The molecule has 3 aromatic rings. The highest BCUT2D eigenvalue weighted by molar-refractivity contribution is 6.88. The molecule has 21 heavy (non-hydrogen) atoms. The molecule has 0 N–H and O–H groups in total. The molecule has 0 fully saturated rings. The third-order valence-electron chi connectivity index (χ3n) is 3.38. The first-order valence-corrected chi connectivity index (χ1v) is 10.4. The van der Waals surface area contributed by atoms with Gasteiger partial charge in [-0.25, -0.2) is 4.98 Å². The summed E-state index contributed by atoms with van der Waals surface area (Å²) < 4.78 is 20.6. The summed E-state index contributed by atoms with van der Waals surface area (Å²) in [6.07, 6.45) is 1.54. The molecule has 106 valence electrons. The molecular weight excluding hydrogens is 276 g/mol. The second-order valence-electron chi connectivity index (χ2n) is 5.97. The Balaban J connectivity index is 2.24. The zero-order valence-electron chi connectivity index (χ0n) is 14.3. The van der Waals surface area contributed by atoms with Gasteiger partial charge in [0.05, 0.1) is 26.9 Å². The van der Waals surface area contributed by atoms with Crippen LogP contribution >= 0.6 is 0 Å². The van der Waals surface area contributed by atoms with E-state index in [1.807, 2.05) is 42.6 Å². The van der Waals surface area contributed by atoms with Crippen molar-refractivity contribution < 1.29 is 7.16 Å². The van der Waals surface area contributed by atoms with Gasteiger partial charge in [0.2, 0.25) is 5.89 Å². The van der Waals surface area contributed by atoms with Crippen LogP contribution in [0, 0.1) is 0 Å². The Labute approximate surface area is 128 Å². The van der Waals surface area contributed by atoms with E-state index in [2.05, 4.69) is 29.6 Å². The van der Waals surface area contributed by atoms with Crippen LogP contribution in [0.5, 0.6) is 0 Å². The van der Waals surface area contributed by atoms with Crippen LogP contribution in [-0.4, -0.2) is 18.0 Å². The summed E-state index contributed by atoms with van der Waals surface area (Å²) in [6.45, 7) is 6.74. The minimum Gasteiger partial charge on any atom is -0.444 e. The van der Waals surface area contributed by atoms with Gasteiger partial charge in [0.15, 0.2) is 0 Å². The summed E-state index contributed by atoms with van der Waals surface area (Å²) in [4.78, 5) is 8.72. The van der Waals surface area contributed by atoms with Gasteiger partial charge in [0.25, 0.3) is 0 Å². The topological polar surface area (TPSA) is 38.9 Å². The van der Waals surface area contributed by atoms with Crippen LogP contribution in [0.25, 0.3) is 22.7 Å². The van der Waals surface area contributed by atoms with Gasteiger partial charge in [0.1, 0.15) is 7.61 Å². The van der Waals surface area contributed by atoms with Crippen LogP contribution in [0.3, 0.4) is 0 Å². The standard InChI is InChI=1S/C17H18N2OSi/c1-21(2,3)14-11-15(17-18-9-10-20-17)16(19-12-14)13-7-5-4-6-8-13/h4-12H,1-3H3/i9D,10D. The molecule has 0 aliphatic rings. The van der Waals surface area contributed by atoms with Gasteiger partial charge >= 0.3 is 0 Å². The maximum absolute atomic E-state index is 7.64. The molecule has 3 nitrogen and oxygen atoms in total. The van der Waals surface area contributed by atoms with Gasteiger partial charge in [-0.1, -0.05) is 50.0 Å². The minimum atomic E-state index is -1.55. The Kier molecular flexibility index (Phi) is 2.89. The first-order valence-electron chi connectivity index (χ1n) is 7.86. The first-order chi connectivity index (χ1) is 10.9. The van der Waals surface area contributed by atoms with Gasteiger partial charge < -0.3 is 4.42 Å². The van der Waals surface area contributed by atoms with Crippen molar-refractivity contribution in [2.45, 2.75) is 19.6 Å². The van der Waals surface area contributed by atoms with E-state index < -0.39 is 8.07 Å². The molecule has 4 heteroatoms. The fraction of sp³-hybridized carbons (Fsp3) is 0.176. The van der Waals surface area contributed by atoms with Crippen molar-refractivity contribution in [2.24, 2.45) is 0 Å². The number of benzene rings is 1. The maximum atomic E-state index is 7.64. The Morgan fingerprint density at radius 2 is 1.86 bits per heavy atom. The molecule has 0 aliphatic heterocycles. The Morgan fingerprint density at radius 1 is 1.10 bits per heavy atom. The summed E-state index contributed by atoms with van der Waals surface area (Å²) in [7, 11) is -1.55. The third kappa shape index (κ3) is 2.80. The van der Waals surface area contributed by atoms with Crippen molar-refractivity contribution in [3.63, 3.8) is 0 Å². The lowest BCUT2D eigenvalue weighted by molar-refractivity contribution is 0.574. The summed E-state index contributed by atoms with van der Waals surface area (Å²) >= 11 is 0. The lowest BCUT2D eigenvalue weighted by Gasteiger charge is -2.18. The van der Waals surface area contributed by atoms with Crippen LogP contribution in [0.1, 0.15) is 2.74 Å². The van der Waals surface area contributed by atoms with Crippen molar-refractivity contribution in [1.29, 1.82) is 0 Å². The zero-order chi connectivity index (χ0) is 16.6. The first kappa shape index (κ1) is 11.5. The normalized spacial score (nSPS) is 12.9. The molecule has 0 amide bonds. The summed E-state index contributed by atoms with van der Waals surface area (Å²) in [5.74, 6) is 0.284. The van der Waals surface area contributed by atoms with E-state index in [1.165, 1.54) is 5.19 Å². The number of hydrogen-bond acceptors (Lipinski definition) is 3. The number of hydrogen-bond donors (Lipinski definition) is 0. The van der Waals surface area contributed by atoms with Crippen LogP contribution in [0.4, 0.5) is 0 Å². The summed E-state index contributed by atoms with van der Waals surface area (Å²) in [5, 5.41) is 1.18. The number of oxazole rings is 1. The molecule has 0 saturated carbocycles. The molecular formula is C17H18N2OSi. The SMILES string of the molecule is [2H]c1nc(-c2cc([Si](C)(C)C)cnc2-c2ccccc2)oc1[2H]. The monoisotopic (exact) mass is 296 g/mol. The van der Waals surface area contributed by atoms with Crippen molar-refractivity contribution >= 4 is 13.3 Å². The Hall–Kier alpha value is -2.20. The molecule has 0 spiro atoms. The minimum absolute atomic E-state index is 0.155. The molecule has 0 bridgehead atoms. The largest absolute Gasteiger partial charge is 0.444 e. The van der Waals surface area contributed by atoms with E-state index in [0.29, 0.717) is 0 Å². The number of nitrogens with zero attached hydrogens (tertiary/aromatic N) is 2. The fourth-order valence-electron chi connectivity index (χ4n) is 2.15. The van der Waals surface area contributed by atoms with Gasteiger partial charge in [-0.2, -0.15) is 0 Å². The molecule has 2 heterocycles. The quantitative estimate of drug-likeness (QED) is 0.687. The molecule has 0 aliphatic carbocycles. The molecule has 3 rings (SSSR count). The number of pyridine rings is 1. The van der Waals surface area contributed by atoms with Crippen molar-refractivity contribution in [3.05, 3.63) is 55.0 Å². The second-order valence-corrected chi connectivity index (χ2v) is 11.0. The van der Waals surface area contributed by atoms with E-state index in [1.54, 1.807) is 0 Å². The molecule has 0 radical (unpaired) electrons. The second kappa shape index (κ2) is 5.29. The Bertz CT molecular complexity index is 822. The van der Waals surface area contributed by atoms with Crippen LogP contribution in [0.2, 0.25) is 19.6 Å². The van der Waals surface area contributed by atoms with E-state index >= 15 is 0 Å². The summed E-state index contributed by atoms with van der Waals surface area (Å²) in [6, 6.07) is 11.9. The molecule has 0 saturated heterocycles. The smallest absolute Gasteiger partial charge is 0.228 e. The van der Waals surface area contributed by atoms with Crippen LogP contribution < -0.4 is 5.19 Å². The fourth-order valence-corrected chi connectivity index (χ4v) is 3.18. The van der Waals surface area contributed by atoms with E-state index in [0.717, 1.165) is 16.8 Å². The van der Waals surface area contributed by atoms with E-state index in [4.69, 9.17) is 7.16 Å². The highest BCUT2D eigenvalue weighted by Gasteiger charge is 2.21. The van der Waals surface area contributed by atoms with Crippen LogP contribution in [-0.2, 0) is 0 Å². The molecule has 2 aromatic heterocycles. The predicted molar refractivity (Wildman–Crippen MR) is 88.2 cm³/mol. The van der Waals surface area contributed by atoms with Crippen molar-refractivity contribution in [1.82, 2.24) is 9.97 Å². The summed E-state index contributed by atoms with van der Waals surface area (Å²) in [5.41, 5.74) is 2.46. The van der Waals surface area contributed by atoms with Gasteiger partial charge in [-0.3, -0.25) is 4.98 Å². The third-order valence-corrected chi connectivity index (χ3v) is 5.39. The lowest BCUT2D eigenvalue weighted by Crippen LogP contribution is -2.38. The average molecular weight is 296 g/mol. The molecule has 0 unspecified atom stereocenters. The Morgan fingerprint density at radius 3 is 2.48 bits per heavy atom. The zero-order valence-corrected chi connectivity index (χ0v) is 13.3. The van der Waals surface area contributed by atoms with E-state index in [-0.39, 0.29) is 18.3 Å². The van der Waals surface area contributed by atoms with Gasteiger partial charge in [-0.05, 0) is 11.3 Å². The van der Waals surface area contributed by atoms with E-state index in [9.17, 15) is 0 Å². The molecule has 1 aromatic carbocycles. The van der Waals surface area contributed by atoms with Crippen molar-refractivity contribution in [2.75, 3.05) is 0 Å². The number of rotatable bonds is 3. The van der Waals surface area contributed by atoms with Gasteiger partial charge in [-0.15, -0.1) is 0 Å². The van der Waals surface area contributed by atoms with Crippen molar-refractivity contribution in [3.8, 4) is 22.7 Å². The highest BCUT2D eigenvalue weighted by Crippen LogP contribution is 2.28. The maximum Gasteiger partial charge on any atom is 0.228 e. The van der Waals surface area contributed by atoms with Gasteiger partial charge in [0, 0.05) is 11.8 Å². The highest BCUT2D eigenvalue weighted by atomic mass is 28.3.